The lowest BCUT2D eigenvalue weighted by atomic mass is 9.83. The van der Waals surface area contributed by atoms with E-state index in [0.29, 0.717) is 0 Å². The SMILES string of the molecule is Cc1c(Br)cccc1C(=O)NCCC1CCC1. The third-order valence-electron chi connectivity index (χ3n) is 3.58. The molecule has 1 aromatic rings. The zero-order chi connectivity index (χ0) is 12.3. The minimum absolute atomic E-state index is 0.0446. The Morgan fingerprint density at radius 1 is 1.47 bits per heavy atom. The van der Waals surface area contributed by atoms with Gasteiger partial charge in [-0.3, -0.25) is 4.79 Å². The summed E-state index contributed by atoms with van der Waals surface area (Å²) in [5.74, 6) is 0.891. The van der Waals surface area contributed by atoms with Crippen molar-refractivity contribution in [2.24, 2.45) is 5.92 Å². The van der Waals surface area contributed by atoms with Crippen LogP contribution in [0.1, 0.15) is 41.6 Å². The molecule has 2 nitrogen and oxygen atoms in total. The highest BCUT2D eigenvalue weighted by Gasteiger charge is 2.17. The summed E-state index contributed by atoms with van der Waals surface area (Å²) in [6.07, 6.45) is 5.17. The van der Waals surface area contributed by atoms with Gasteiger partial charge in [0.15, 0.2) is 0 Å². The van der Waals surface area contributed by atoms with Gasteiger partial charge in [0.05, 0.1) is 0 Å². The van der Waals surface area contributed by atoms with Crippen LogP contribution in [0.4, 0.5) is 0 Å². The molecule has 0 radical (unpaired) electrons. The Morgan fingerprint density at radius 3 is 2.88 bits per heavy atom. The number of amides is 1. The Balaban J connectivity index is 1.87. The first-order valence-corrected chi connectivity index (χ1v) is 7.01. The number of halogens is 1. The third-order valence-corrected chi connectivity index (χ3v) is 4.43. The van der Waals surface area contributed by atoms with Gasteiger partial charge in [-0.2, -0.15) is 0 Å². The molecule has 0 bridgehead atoms. The van der Waals surface area contributed by atoms with Gasteiger partial charge in [-0.05, 0) is 37.0 Å². The van der Waals surface area contributed by atoms with Gasteiger partial charge < -0.3 is 5.32 Å². The molecule has 1 fully saturated rings. The highest BCUT2D eigenvalue weighted by molar-refractivity contribution is 9.10. The average molecular weight is 296 g/mol. The fourth-order valence-corrected chi connectivity index (χ4v) is 2.49. The maximum absolute atomic E-state index is 12.0. The van der Waals surface area contributed by atoms with E-state index in [1.165, 1.54) is 19.3 Å². The smallest absolute Gasteiger partial charge is 0.251 e. The molecule has 3 heteroatoms. The van der Waals surface area contributed by atoms with Gasteiger partial charge in [0.25, 0.3) is 5.91 Å². The summed E-state index contributed by atoms with van der Waals surface area (Å²) < 4.78 is 0.990. The van der Waals surface area contributed by atoms with E-state index in [2.05, 4.69) is 21.2 Å². The normalized spacial score (nSPS) is 15.4. The van der Waals surface area contributed by atoms with Crippen molar-refractivity contribution in [2.75, 3.05) is 6.54 Å². The summed E-state index contributed by atoms with van der Waals surface area (Å²) in [6.45, 7) is 2.76. The van der Waals surface area contributed by atoms with Gasteiger partial charge in [0.2, 0.25) is 0 Å². The van der Waals surface area contributed by atoms with Gasteiger partial charge >= 0.3 is 0 Å². The van der Waals surface area contributed by atoms with Crippen molar-refractivity contribution in [1.29, 1.82) is 0 Å². The second-order valence-electron chi connectivity index (χ2n) is 4.75. The predicted octanol–water partition coefficient (Wildman–Crippen LogP) is 3.68. The number of benzene rings is 1. The number of carbonyl (C=O) groups excluding carboxylic acids is 1. The molecule has 0 unspecified atom stereocenters. The molecule has 92 valence electrons. The molecule has 0 heterocycles. The van der Waals surface area contributed by atoms with Crippen molar-refractivity contribution in [1.82, 2.24) is 5.32 Å². The van der Waals surface area contributed by atoms with Crippen molar-refractivity contribution < 1.29 is 4.79 Å². The maximum Gasteiger partial charge on any atom is 0.251 e. The number of carbonyl (C=O) groups is 1. The fraction of sp³-hybridized carbons (Fsp3) is 0.500. The minimum atomic E-state index is 0.0446. The lowest BCUT2D eigenvalue weighted by Gasteiger charge is -2.25. The summed E-state index contributed by atoms with van der Waals surface area (Å²) in [6, 6.07) is 5.73. The Morgan fingerprint density at radius 2 is 2.24 bits per heavy atom. The lowest BCUT2D eigenvalue weighted by Crippen LogP contribution is -2.27. The fourth-order valence-electron chi connectivity index (χ4n) is 2.12. The topological polar surface area (TPSA) is 29.1 Å². The number of hydrogen-bond acceptors (Lipinski definition) is 1. The first-order chi connectivity index (χ1) is 8.18. The quantitative estimate of drug-likeness (QED) is 0.902. The van der Waals surface area contributed by atoms with Crippen LogP contribution >= 0.6 is 15.9 Å². The summed E-state index contributed by atoms with van der Waals surface area (Å²) in [5, 5.41) is 3.01. The maximum atomic E-state index is 12.0. The van der Waals surface area contributed by atoms with Crippen molar-refractivity contribution in [2.45, 2.75) is 32.6 Å². The lowest BCUT2D eigenvalue weighted by molar-refractivity contribution is 0.0948. The van der Waals surface area contributed by atoms with Crippen LogP contribution in [0.3, 0.4) is 0 Å². The summed E-state index contributed by atoms with van der Waals surface area (Å²) >= 11 is 3.45. The van der Waals surface area contributed by atoms with Crippen LogP contribution in [0.5, 0.6) is 0 Å². The van der Waals surface area contributed by atoms with Gasteiger partial charge in [-0.1, -0.05) is 41.3 Å². The van der Waals surface area contributed by atoms with Gasteiger partial charge in [-0.25, -0.2) is 0 Å². The van der Waals surface area contributed by atoms with E-state index in [9.17, 15) is 4.79 Å². The Labute approximate surface area is 111 Å². The molecule has 2 rings (SSSR count). The zero-order valence-electron chi connectivity index (χ0n) is 10.1. The Kier molecular flexibility index (Phi) is 4.21. The van der Waals surface area contributed by atoms with Crippen LogP contribution in [-0.2, 0) is 0 Å². The molecule has 1 saturated carbocycles. The average Bonchev–Trinajstić information content (AvgIpc) is 2.25. The van der Waals surface area contributed by atoms with E-state index in [1.807, 2.05) is 25.1 Å². The van der Waals surface area contributed by atoms with Crippen LogP contribution in [-0.4, -0.2) is 12.5 Å². The summed E-state index contributed by atoms with van der Waals surface area (Å²) in [4.78, 5) is 12.0. The van der Waals surface area contributed by atoms with E-state index in [0.717, 1.165) is 34.5 Å². The number of nitrogens with one attached hydrogen (secondary N) is 1. The molecule has 0 saturated heterocycles. The van der Waals surface area contributed by atoms with Crippen LogP contribution in [0.15, 0.2) is 22.7 Å². The molecule has 0 aromatic heterocycles. The van der Waals surface area contributed by atoms with E-state index in [1.54, 1.807) is 0 Å². The van der Waals surface area contributed by atoms with E-state index < -0.39 is 0 Å². The zero-order valence-corrected chi connectivity index (χ0v) is 11.7. The second kappa shape index (κ2) is 5.67. The van der Waals surface area contributed by atoms with Gasteiger partial charge in [0, 0.05) is 16.6 Å². The van der Waals surface area contributed by atoms with Gasteiger partial charge in [-0.15, -0.1) is 0 Å². The molecule has 1 aromatic carbocycles. The minimum Gasteiger partial charge on any atom is -0.352 e. The Bertz CT molecular complexity index is 413. The van der Waals surface area contributed by atoms with Crippen molar-refractivity contribution >= 4 is 21.8 Å². The van der Waals surface area contributed by atoms with E-state index in [4.69, 9.17) is 0 Å². The molecular formula is C14H18BrNO. The summed E-state index contributed by atoms with van der Waals surface area (Å²) in [7, 11) is 0. The van der Waals surface area contributed by atoms with Crippen LogP contribution in [0, 0.1) is 12.8 Å². The highest BCUT2D eigenvalue weighted by Crippen LogP contribution is 2.28. The number of rotatable bonds is 4. The number of hydrogen-bond donors (Lipinski definition) is 1. The standard InChI is InChI=1S/C14H18BrNO/c1-10-12(6-3-7-13(10)15)14(17)16-9-8-11-4-2-5-11/h3,6-7,11H,2,4-5,8-9H2,1H3,(H,16,17). The Hall–Kier alpha value is -0.830. The van der Waals surface area contributed by atoms with E-state index >= 15 is 0 Å². The van der Waals surface area contributed by atoms with E-state index in [-0.39, 0.29) is 5.91 Å². The highest BCUT2D eigenvalue weighted by atomic mass is 79.9. The molecule has 0 atom stereocenters. The molecule has 1 amide bonds. The molecule has 1 aliphatic rings. The van der Waals surface area contributed by atoms with Crippen molar-refractivity contribution in [3.8, 4) is 0 Å². The third kappa shape index (κ3) is 3.09. The monoisotopic (exact) mass is 295 g/mol. The molecule has 1 aliphatic carbocycles. The molecule has 1 N–H and O–H groups in total. The first-order valence-electron chi connectivity index (χ1n) is 6.22. The molecule has 0 spiro atoms. The van der Waals surface area contributed by atoms with Crippen LogP contribution in [0.25, 0.3) is 0 Å². The van der Waals surface area contributed by atoms with Crippen LogP contribution in [0.2, 0.25) is 0 Å². The second-order valence-corrected chi connectivity index (χ2v) is 5.61. The van der Waals surface area contributed by atoms with Crippen molar-refractivity contribution in [3.05, 3.63) is 33.8 Å². The molecular weight excluding hydrogens is 278 g/mol. The molecule has 0 aliphatic heterocycles. The van der Waals surface area contributed by atoms with Gasteiger partial charge in [0.1, 0.15) is 0 Å². The summed E-state index contributed by atoms with van der Waals surface area (Å²) in [5.41, 5.74) is 1.78. The van der Waals surface area contributed by atoms with Crippen molar-refractivity contribution in [3.63, 3.8) is 0 Å². The predicted molar refractivity (Wildman–Crippen MR) is 73.2 cm³/mol. The van der Waals surface area contributed by atoms with Crippen LogP contribution < -0.4 is 5.32 Å². The largest absolute Gasteiger partial charge is 0.352 e. The molecule has 17 heavy (non-hydrogen) atoms. The first kappa shape index (κ1) is 12.6.